The Bertz CT molecular complexity index is 718. The Balaban J connectivity index is 2.06. The number of hydrogen-bond acceptors (Lipinski definition) is 2. The summed E-state index contributed by atoms with van der Waals surface area (Å²) in [6.07, 6.45) is 0. The molecule has 2 rings (SSSR count). The normalized spacial score (nSPS) is 10.7. The zero-order valence-corrected chi connectivity index (χ0v) is 17.1. The Morgan fingerprint density at radius 3 is 2.28 bits per heavy atom. The lowest BCUT2D eigenvalue weighted by molar-refractivity contribution is 0.704. The molecule has 3 nitrogen and oxygen atoms in total. The summed E-state index contributed by atoms with van der Waals surface area (Å²) in [7, 11) is 0. The number of hydrogen-bond donors (Lipinski definition) is 2. The lowest BCUT2D eigenvalue weighted by Gasteiger charge is -2.27. The lowest BCUT2D eigenvalue weighted by Crippen LogP contribution is -2.30. The van der Waals surface area contributed by atoms with Crippen LogP contribution in [0, 0.1) is 13.8 Å². The van der Waals surface area contributed by atoms with Gasteiger partial charge in [0.05, 0.1) is 10.7 Å². The summed E-state index contributed by atoms with van der Waals surface area (Å²) in [6, 6.07) is 12.8. The number of benzene rings is 2. The van der Waals surface area contributed by atoms with E-state index in [-0.39, 0.29) is 0 Å². The highest BCUT2D eigenvalue weighted by atomic mass is 35.5. The van der Waals surface area contributed by atoms with E-state index in [0.29, 0.717) is 16.2 Å². The zero-order valence-electron chi connectivity index (χ0n) is 15.5. The molecule has 0 saturated heterocycles. The summed E-state index contributed by atoms with van der Waals surface area (Å²) < 4.78 is 0. The molecule has 2 N–H and O–H groups in total. The van der Waals surface area contributed by atoms with Crippen molar-refractivity contribution in [1.29, 1.82) is 0 Å². The van der Waals surface area contributed by atoms with Crippen LogP contribution in [0.2, 0.25) is 5.02 Å². The fourth-order valence-electron chi connectivity index (χ4n) is 2.93. The molecule has 0 unspecified atom stereocenters. The van der Waals surface area contributed by atoms with E-state index >= 15 is 0 Å². The van der Waals surface area contributed by atoms with E-state index in [1.807, 2.05) is 32.0 Å². The predicted octanol–water partition coefficient (Wildman–Crippen LogP) is 6.00. The molecule has 0 spiro atoms. The monoisotopic (exact) mass is 375 g/mol. The third-order valence-corrected chi connectivity index (χ3v) is 4.59. The van der Waals surface area contributed by atoms with Crippen LogP contribution in [0.1, 0.15) is 31.9 Å². The molecule has 0 atom stereocenters. The second kappa shape index (κ2) is 8.54. The molecule has 134 valence electrons. The van der Waals surface area contributed by atoms with Crippen LogP contribution in [0.5, 0.6) is 0 Å². The number of thiocarbonyl (C=S) groups is 1. The van der Waals surface area contributed by atoms with Crippen molar-refractivity contribution in [3.05, 3.63) is 52.5 Å². The largest absolute Gasteiger partial charge is 0.369 e. The van der Waals surface area contributed by atoms with E-state index < -0.39 is 0 Å². The number of anilines is 3. The summed E-state index contributed by atoms with van der Waals surface area (Å²) in [5, 5.41) is 7.61. The van der Waals surface area contributed by atoms with Crippen LogP contribution >= 0.6 is 23.8 Å². The first-order chi connectivity index (χ1) is 11.8. The van der Waals surface area contributed by atoms with Crippen LogP contribution in [-0.4, -0.2) is 17.7 Å². The van der Waals surface area contributed by atoms with Gasteiger partial charge < -0.3 is 15.5 Å². The van der Waals surface area contributed by atoms with Crippen molar-refractivity contribution >= 4 is 46.0 Å². The average molecular weight is 376 g/mol. The highest BCUT2D eigenvalue weighted by Gasteiger charge is 2.09. The van der Waals surface area contributed by atoms with Gasteiger partial charge in [-0.1, -0.05) is 17.7 Å². The van der Waals surface area contributed by atoms with Crippen LogP contribution in [-0.2, 0) is 0 Å². The van der Waals surface area contributed by atoms with E-state index in [1.165, 1.54) is 5.69 Å². The molecule has 5 heteroatoms. The molecule has 0 bridgehead atoms. The number of nitrogens with one attached hydrogen (secondary N) is 2. The number of rotatable bonds is 5. The summed E-state index contributed by atoms with van der Waals surface area (Å²) in [5.74, 6) is 0. The standard InChI is InChI=1S/C20H26ClN3S/c1-6-24(13(2)3)17-9-7-16(8-10-17)22-20(25)23-19-15(5)11-14(4)12-18(19)21/h7-13H,6H2,1-5H3,(H2,22,23,25). The highest BCUT2D eigenvalue weighted by molar-refractivity contribution is 7.80. The molecule has 2 aromatic rings. The molecule has 0 fully saturated rings. The first-order valence-corrected chi connectivity index (χ1v) is 9.32. The Hall–Kier alpha value is -1.78. The van der Waals surface area contributed by atoms with Crippen molar-refractivity contribution in [3.63, 3.8) is 0 Å². The van der Waals surface area contributed by atoms with Crippen molar-refractivity contribution in [2.75, 3.05) is 22.1 Å². The van der Waals surface area contributed by atoms with Crippen LogP contribution in [0.3, 0.4) is 0 Å². The van der Waals surface area contributed by atoms with Gasteiger partial charge in [0.2, 0.25) is 0 Å². The van der Waals surface area contributed by atoms with E-state index in [2.05, 4.69) is 54.5 Å². The van der Waals surface area contributed by atoms with Crippen molar-refractivity contribution in [1.82, 2.24) is 0 Å². The maximum atomic E-state index is 6.33. The van der Waals surface area contributed by atoms with Crippen LogP contribution in [0.25, 0.3) is 0 Å². The van der Waals surface area contributed by atoms with Gasteiger partial charge in [-0.05, 0) is 88.3 Å². The number of aryl methyl sites for hydroxylation is 2. The van der Waals surface area contributed by atoms with Crippen molar-refractivity contribution in [3.8, 4) is 0 Å². The second-order valence-electron chi connectivity index (χ2n) is 6.44. The molecule has 25 heavy (non-hydrogen) atoms. The molecule has 0 aliphatic heterocycles. The fraction of sp³-hybridized carbons (Fsp3) is 0.350. The number of nitrogens with zero attached hydrogens (tertiary/aromatic N) is 1. The van der Waals surface area contributed by atoms with Crippen LogP contribution in [0.15, 0.2) is 36.4 Å². The second-order valence-corrected chi connectivity index (χ2v) is 7.26. The van der Waals surface area contributed by atoms with Crippen molar-refractivity contribution in [2.45, 2.75) is 40.7 Å². The van der Waals surface area contributed by atoms with Crippen LogP contribution in [0.4, 0.5) is 17.1 Å². The number of halogens is 1. The molecule has 2 aromatic carbocycles. The van der Waals surface area contributed by atoms with E-state index in [9.17, 15) is 0 Å². The Morgan fingerprint density at radius 1 is 1.12 bits per heavy atom. The van der Waals surface area contributed by atoms with Gasteiger partial charge in [0.1, 0.15) is 0 Å². The predicted molar refractivity (Wildman–Crippen MR) is 115 cm³/mol. The minimum Gasteiger partial charge on any atom is -0.369 e. The third kappa shape index (κ3) is 5.10. The van der Waals surface area contributed by atoms with Gasteiger partial charge in [0, 0.05) is 24.0 Å². The topological polar surface area (TPSA) is 27.3 Å². The van der Waals surface area contributed by atoms with Gasteiger partial charge in [0.15, 0.2) is 5.11 Å². The molecule has 0 saturated carbocycles. The smallest absolute Gasteiger partial charge is 0.175 e. The molecular weight excluding hydrogens is 350 g/mol. The first kappa shape index (κ1) is 19.5. The molecule has 0 amide bonds. The lowest BCUT2D eigenvalue weighted by atomic mass is 10.1. The van der Waals surface area contributed by atoms with Gasteiger partial charge in [-0.2, -0.15) is 0 Å². The van der Waals surface area contributed by atoms with Gasteiger partial charge in [-0.15, -0.1) is 0 Å². The maximum Gasteiger partial charge on any atom is 0.175 e. The summed E-state index contributed by atoms with van der Waals surface area (Å²) >= 11 is 11.8. The third-order valence-electron chi connectivity index (χ3n) is 4.09. The van der Waals surface area contributed by atoms with E-state index in [4.69, 9.17) is 23.8 Å². The quantitative estimate of drug-likeness (QED) is 0.626. The van der Waals surface area contributed by atoms with Gasteiger partial charge in [-0.3, -0.25) is 0 Å². The minimum absolute atomic E-state index is 0.471. The SMILES string of the molecule is CCN(c1ccc(NC(=S)Nc2c(C)cc(C)cc2Cl)cc1)C(C)C. The van der Waals surface area contributed by atoms with Crippen LogP contribution < -0.4 is 15.5 Å². The van der Waals surface area contributed by atoms with Gasteiger partial charge >= 0.3 is 0 Å². The molecule has 0 aliphatic rings. The molecule has 0 heterocycles. The Kier molecular flexibility index (Phi) is 6.68. The zero-order chi connectivity index (χ0) is 18.6. The summed E-state index contributed by atoms with van der Waals surface area (Å²) in [5.41, 5.74) is 5.20. The van der Waals surface area contributed by atoms with E-state index in [1.54, 1.807) is 0 Å². The van der Waals surface area contributed by atoms with Crippen molar-refractivity contribution in [2.24, 2.45) is 0 Å². The molecular formula is C20H26ClN3S. The highest BCUT2D eigenvalue weighted by Crippen LogP contribution is 2.27. The van der Waals surface area contributed by atoms with Crippen molar-refractivity contribution < 1.29 is 0 Å². The Labute approximate surface area is 161 Å². The molecule has 0 aliphatic carbocycles. The van der Waals surface area contributed by atoms with E-state index in [0.717, 1.165) is 29.0 Å². The van der Waals surface area contributed by atoms with Gasteiger partial charge in [-0.25, -0.2) is 0 Å². The fourth-order valence-corrected chi connectivity index (χ4v) is 3.52. The first-order valence-electron chi connectivity index (χ1n) is 8.53. The minimum atomic E-state index is 0.471. The summed E-state index contributed by atoms with van der Waals surface area (Å²) in [4.78, 5) is 2.34. The Morgan fingerprint density at radius 2 is 1.76 bits per heavy atom. The molecule has 0 radical (unpaired) electrons. The van der Waals surface area contributed by atoms with Gasteiger partial charge in [0.25, 0.3) is 0 Å². The maximum absolute atomic E-state index is 6.33. The average Bonchev–Trinajstić information content (AvgIpc) is 2.53. The molecule has 0 aromatic heterocycles. The summed E-state index contributed by atoms with van der Waals surface area (Å²) in [6.45, 7) is 11.6.